The monoisotopic (exact) mass is 790 g/mol. The average Bonchev–Trinajstić information content (AvgIpc) is 3.12. The van der Waals surface area contributed by atoms with Crippen molar-refractivity contribution < 1.29 is 47.1 Å². The summed E-state index contributed by atoms with van der Waals surface area (Å²) >= 11 is 0. The summed E-state index contributed by atoms with van der Waals surface area (Å²) in [7, 11) is 0. The summed E-state index contributed by atoms with van der Waals surface area (Å²) in [6, 6.07) is 8.70. The third kappa shape index (κ3) is 18.7. The molecule has 0 saturated heterocycles. The molecule has 0 bridgehead atoms. The average molecular weight is 790 g/mol. The van der Waals surface area contributed by atoms with Crippen molar-refractivity contribution in [1.29, 1.82) is 0 Å². The van der Waals surface area contributed by atoms with Crippen molar-refractivity contribution in [2.75, 3.05) is 26.2 Å². The second-order valence-corrected chi connectivity index (χ2v) is 15.2. The number of hydrogen-bond donors (Lipinski definition) is 4. The number of carbonyl (C=O) groups is 1. The van der Waals surface area contributed by atoms with Gasteiger partial charge < -0.3 is 32.3 Å². The molecule has 0 spiro atoms. The molecular formula is C45H75CrN3O5. The van der Waals surface area contributed by atoms with E-state index in [9.17, 15) is 10.2 Å². The Morgan fingerprint density at radius 1 is 0.648 bits per heavy atom. The summed E-state index contributed by atoms with van der Waals surface area (Å²) in [5.41, 5.74) is 6.04. The minimum atomic E-state index is -1.83. The van der Waals surface area contributed by atoms with Crippen LogP contribution in [-0.4, -0.2) is 81.8 Å². The second-order valence-electron chi connectivity index (χ2n) is 15.2. The zero-order valence-corrected chi connectivity index (χ0v) is 36.2. The van der Waals surface area contributed by atoms with Crippen LogP contribution in [0.25, 0.3) is 0 Å². The maximum Gasteiger partial charge on any atom is 0.503 e. The number of benzene rings is 2. The Morgan fingerprint density at radius 3 is 1.37 bits per heavy atom. The smallest absolute Gasteiger partial charge is 0.503 e. The van der Waals surface area contributed by atoms with Gasteiger partial charge in [0.15, 0.2) is 0 Å². The van der Waals surface area contributed by atoms with Crippen LogP contribution in [0.1, 0.15) is 157 Å². The van der Waals surface area contributed by atoms with Crippen molar-refractivity contribution in [3.05, 3.63) is 65.1 Å². The normalized spacial score (nSPS) is 15.7. The molecule has 9 heteroatoms. The molecule has 2 atom stereocenters. The van der Waals surface area contributed by atoms with Crippen LogP contribution in [0.15, 0.2) is 34.3 Å². The van der Waals surface area contributed by atoms with Gasteiger partial charge in [-0.1, -0.05) is 84.8 Å². The van der Waals surface area contributed by atoms with Crippen LogP contribution in [0.4, 0.5) is 4.79 Å². The quantitative estimate of drug-likeness (QED) is 0.0409. The van der Waals surface area contributed by atoms with Gasteiger partial charge in [-0.2, -0.15) is 0 Å². The van der Waals surface area contributed by atoms with Gasteiger partial charge in [-0.05, 0) is 112 Å². The van der Waals surface area contributed by atoms with Crippen molar-refractivity contribution in [2.45, 2.75) is 163 Å². The van der Waals surface area contributed by atoms with E-state index in [-0.39, 0.29) is 36.9 Å². The number of aliphatic imine (C=N–C) groups is 2. The molecule has 306 valence electrons. The van der Waals surface area contributed by atoms with Crippen molar-refractivity contribution in [1.82, 2.24) is 0 Å². The number of rotatable bonds is 22. The SMILES string of the molecule is CCCCCc1cc(C)c(O)c(C=NC2CCCCC2N=Cc2cc(CCCC[N+](CCCC)(CCCC)CCCC)cc(C)c2O)c1.O=C(O)O.[CH3-].[Cr]. The number of quaternary nitrogens is 1. The summed E-state index contributed by atoms with van der Waals surface area (Å²) in [6.45, 7) is 18.5. The zero-order chi connectivity index (χ0) is 38.4. The fourth-order valence-corrected chi connectivity index (χ4v) is 7.55. The fraction of sp³-hybridized carbons (Fsp3) is 0.644. The topological polar surface area (TPSA) is 123 Å². The van der Waals surface area contributed by atoms with E-state index in [1.807, 2.05) is 26.3 Å². The third-order valence-corrected chi connectivity index (χ3v) is 10.7. The summed E-state index contributed by atoms with van der Waals surface area (Å²) in [4.78, 5) is 18.6. The van der Waals surface area contributed by atoms with E-state index in [0.717, 1.165) is 60.8 Å². The minimum absolute atomic E-state index is 0. The Hall–Kier alpha value is -2.86. The molecule has 1 saturated carbocycles. The van der Waals surface area contributed by atoms with Crippen LogP contribution in [0.2, 0.25) is 0 Å². The first-order chi connectivity index (χ1) is 25.0. The first-order valence-electron chi connectivity index (χ1n) is 20.5. The maximum atomic E-state index is 11.0. The predicted molar refractivity (Wildman–Crippen MR) is 225 cm³/mol. The fourth-order valence-electron chi connectivity index (χ4n) is 7.55. The molecule has 0 radical (unpaired) electrons. The largest absolute Gasteiger partial charge is 0.507 e. The summed E-state index contributed by atoms with van der Waals surface area (Å²) in [6.07, 6.45) is 22.1. The van der Waals surface area contributed by atoms with Crippen molar-refractivity contribution in [3.63, 3.8) is 0 Å². The van der Waals surface area contributed by atoms with E-state index in [0.29, 0.717) is 11.5 Å². The van der Waals surface area contributed by atoms with E-state index in [4.69, 9.17) is 25.0 Å². The maximum absolute atomic E-state index is 11.0. The molecule has 2 aromatic carbocycles. The second kappa shape index (κ2) is 28.5. The Labute approximate surface area is 340 Å². The molecule has 3 rings (SSSR count). The number of phenolic OH excluding ortho intramolecular Hbond substituents is 2. The number of carboxylic acid groups (broad SMARTS) is 2. The number of phenols is 2. The van der Waals surface area contributed by atoms with Gasteiger partial charge in [0.05, 0.1) is 38.3 Å². The van der Waals surface area contributed by atoms with Crippen LogP contribution >= 0.6 is 0 Å². The van der Waals surface area contributed by atoms with Crippen LogP contribution in [0.3, 0.4) is 0 Å². The van der Waals surface area contributed by atoms with E-state index in [1.54, 1.807) is 0 Å². The number of aryl methyl sites for hydroxylation is 4. The molecule has 4 N–H and O–H groups in total. The van der Waals surface area contributed by atoms with Gasteiger partial charge >= 0.3 is 6.16 Å². The number of hydrogen-bond acceptors (Lipinski definition) is 5. The molecule has 8 nitrogen and oxygen atoms in total. The van der Waals surface area contributed by atoms with Crippen molar-refractivity contribution in [3.8, 4) is 11.5 Å². The molecule has 0 heterocycles. The van der Waals surface area contributed by atoms with Gasteiger partial charge in [0.25, 0.3) is 0 Å². The minimum Gasteiger partial charge on any atom is -0.507 e. The van der Waals surface area contributed by atoms with E-state index in [1.165, 1.54) is 112 Å². The Morgan fingerprint density at radius 2 is 1.00 bits per heavy atom. The Kier molecular flexibility index (Phi) is 27.0. The van der Waals surface area contributed by atoms with Gasteiger partial charge in [0, 0.05) is 40.9 Å². The third-order valence-electron chi connectivity index (χ3n) is 10.7. The van der Waals surface area contributed by atoms with E-state index in [2.05, 4.69) is 52.0 Å². The summed E-state index contributed by atoms with van der Waals surface area (Å²) < 4.78 is 1.30. The first-order valence-corrected chi connectivity index (χ1v) is 20.5. The molecule has 2 aromatic rings. The van der Waals surface area contributed by atoms with Gasteiger partial charge in [-0.25, -0.2) is 4.79 Å². The molecular weight excluding hydrogens is 715 g/mol. The molecule has 1 aliphatic rings. The molecule has 54 heavy (non-hydrogen) atoms. The summed E-state index contributed by atoms with van der Waals surface area (Å²) in [5, 5.41) is 35.7. The number of nitrogens with zero attached hydrogens (tertiary/aromatic N) is 3. The van der Waals surface area contributed by atoms with Crippen LogP contribution < -0.4 is 0 Å². The van der Waals surface area contributed by atoms with Crippen LogP contribution in [-0.2, 0) is 30.2 Å². The van der Waals surface area contributed by atoms with E-state index >= 15 is 0 Å². The molecule has 0 aromatic heterocycles. The number of aromatic hydroxyl groups is 2. The molecule has 0 amide bonds. The van der Waals surface area contributed by atoms with Crippen molar-refractivity contribution >= 4 is 18.6 Å². The van der Waals surface area contributed by atoms with Gasteiger partial charge in [0.1, 0.15) is 11.5 Å². The first kappa shape index (κ1) is 51.1. The Balaban J connectivity index is 0.00000445. The molecule has 1 aliphatic carbocycles. The van der Waals surface area contributed by atoms with Gasteiger partial charge in [-0.15, -0.1) is 0 Å². The van der Waals surface area contributed by atoms with Crippen LogP contribution in [0.5, 0.6) is 11.5 Å². The van der Waals surface area contributed by atoms with Gasteiger partial charge in [-0.3, -0.25) is 9.98 Å². The number of unbranched alkanes of at least 4 members (excludes halogenated alkanes) is 6. The van der Waals surface area contributed by atoms with E-state index < -0.39 is 6.16 Å². The molecule has 0 aliphatic heterocycles. The predicted octanol–water partition coefficient (Wildman–Crippen LogP) is 11.5. The Bertz CT molecular complexity index is 1370. The molecule has 2 unspecified atom stereocenters. The van der Waals surface area contributed by atoms with Crippen LogP contribution in [0, 0.1) is 21.3 Å². The standard InChI is InChI=1S/C43H69N3O2.CH2O3.CH3.Cr/c1-7-11-15-20-36-28-34(5)42(47)38(30-36)32-44-40-22-16-17-23-41(40)45-33-39-31-37(29-35(6)43(39)48)21-18-19-27-46(24-12-8-2,25-13-9-3)26-14-10-4;2-1(3)4;;/h28-33,40-41H,7-27H2,1-6H3,(H-,44,45,47,48);(H2,2,3,4);1H3;/q;;-1;/p+1. The van der Waals surface area contributed by atoms with Gasteiger partial charge in [0.2, 0.25) is 0 Å². The summed E-state index contributed by atoms with van der Waals surface area (Å²) in [5.74, 6) is 0.673. The van der Waals surface area contributed by atoms with Crippen molar-refractivity contribution in [2.24, 2.45) is 9.98 Å². The molecule has 1 fully saturated rings. The zero-order valence-electron chi connectivity index (χ0n) is 34.9.